The summed E-state index contributed by atoms with van der Waals surface area (Å²) in [6, 6.07) is 7.26. The van der Waals surface area contributed by atoms with Gasteiger partial charge in [-0.2, -0.15) is 0 Å². The van der Waals surface area contributed by atoms with Gasteiger partial charge < -0.3 is 16.0 Å². The van der Waals surface area contributed by atoms with E-state index < -0.39 is 0 Å². The summed E-state index contributed by atoms with van der Waals surface area (Å²) in [6.45, 7) is 8.28. The standard InChI is InChI=1S/C17H25N3O/c1-3-13-20(4-2)14-12-19-17(21)16-9-7-15(8-10-16)6-5-11-18/h7-10H,3-4,11-14,18H2,1-2H3,(H,19,21). The van der Waals surface area contributed by atoms with E-state index in [0.29, 0.717) is 18.7 Å². The molecule has 114 valence electrons. The molecule has 1 aromatic carbocycles. The minimum atomic E-state index is -0.0408. The van der Waals surface area contributed by atoms with E-state index in [1.54, 1.807) is 12.1 Å². The smallest absolute Gasteiger partial charge is 0.251 e. The van der Waals surface area contributed by atoms with Crippen LogP contribution >= 0.6 is 0 Å². The van der Waals surface area contributed by atoms with Crippen molar-refractivity contribution in [3.63, 3.8) is 0 Å². The summed E-state index contributed by atoms with van der Waals surface area (Å²) < 4.78 is 0. The van der Waals surface area contributed by atoms with Crippen LogP contribution in [0.5, 0.6) is 0 Å². The molecule has 0 bridgehead atoms. The molecule has 4 heteroatoms. The SMILES string of the molecule is CCCN(CC)CCNC(=O)c1ccc(C#CCN)cc1. The number of hydrogen-bond acceptors (Lipinski definition) is 3. The van der Waals surface area contributed by atoms with E-state index in [2.05, 4.69) is 35.9 Å². The Morgan fingerprint density at radius 2 is 1.95 bits per heavy atom. The topological polar surface area (TPSA) is 58.4 Å². The van der Waals surface area contributed by atoms with Crippen molar-refractivity contribution in [2.75, 3.05) is 32.7 Å². The van der Waals surface area contributed by atoms with E-state index in [1.165, 1.54) is 0 Å². The number of nitrogens with zero attached hydrogens (tertiary/aromatic N) is 1. The van der Waals surface area contributed by atoms with Gasteiger partial charge in [0.1, 0.15) is 0 Å². The normalized spacial score (nSPS) is 10.1. The second-order valence-electron chi connectivity index (χ2n) is 4.77. The van der Waals surface area contributed by atoms with E-state index >= 15 is 0 Å². The zero-order valence-corrected chi connectivity index (χ0v) is 13.0. The summed E-state index contributed by atoms with van der Waals surface area (Å²) in [5, 5.41) is 2.95. The molecule has 0 aliphatic rings. The molecule has 1 aromatic rings. The van der Waals surface area contributed by atoms with Crippen LogP contribution in [0.2, 0.25) is 0 Å². The van der Waals surface area contributed by atoms with Gasteiger partial charge in [-0.1, -0.05) is 25.7 Å². The fourth-order valence-corrected chi connectivity index (χ4v) is 2.03. The van der Waals surface area contributed by atoms with Crippen molar-refractivity contribution in [3.8, 4) is 11.8 Å². The summed E-state index contributed by atoms with van der Waals surface area (Å²) in [5.74, 6) is 5.69. The molecule has 4 nitrogen and oxygen atoms in total. The average molecular weight is 287 g/mol. The number of benzene rings is 1. The molecule has 0 saturated carbocycles. The van der Waals surface area contributed by atoms with Crippen molar-refractivity contribution < 1.29 is 4.79 Å². The Kier molecular flexibility index (Phi) is 8.18. The van der Waals surface area contributed by atoms with Crippen LogP contribution in [0.4, 0.5) is 0 Å². The largest absolute Gasteiger partial charge is 0.351 e. The van der Waals surface area contributed by atoms with Crippen molar-refractivity contribution in [2.45, 2.75) is 20.3 Å². The Bertz CT molecular complexity index is 485. The quantitative estimate of drug-likeness (QED) is 0.747. The molecular weight excluding hydrogens is 262 g/mol. The van der Waals surface area contributed by atoms with Crippen LogP contribution in [0.1, 0.15) is 36.2 Å². The summed E-state index contributed by atoms with van der Waals surface area (Å²) in [4.78, 5) is 14.3. The third-order valence-corrected chi connectivity index (χ3v) is 3.18. The number of amides is 1. The third kappa shape index (κ3) is 6.44. The molecule has 0 heterocycles. The van der Waals surface area contributed by atoms with Crippen molar-refractivity contribution in [1.82, 2.24) is 10.2 Å². The number of carbonyl (C=O) groups excluding carboxylic acids is 1. The van der Waals surface area contributed by atoms with Gasteiger partial charge in [0.15, 0.2) is 0 Å². The first-order valence-electron chi connectivity index (χ1n) is 7.50. The maximum Gasteiger partial charge on any atom is 0.251 e. The van der Waals surface area contributed by atoms with Gasteiger partial charge in [-0.05, 0) is 43.8 Å². The third-order valence-electron chi connectivity index (χ3n) is 3.18. The molecule has 0 aromatic heterocycles. The highest BCUT2D eigenvalue weighted by Gasteiger charge is 2.06. The number of nitrogens with one attached hydrogen (secondary N) is 1. The van der Waals surface area contributed by atoms with E-state index in [9.17, 15) is 4.79 Å². The monoisotopic (exact) mass is 287 g/mol. The number of hydrogen-bond donors (Lipinski definition) is 2. The molecule has 0 aliphatic carbocycles. The first-order chi connectivity index (χ1) is 10.2. The summed E-state index contributed by atoms with van der Waals surface area (Å²) in [5.41, 5.74) is 6.86. The molecule has 0 unspecified atom stereocenters. The highest BCUT2D eigenvalue weighted by Crippen LogP contribution is 2.03. The highest BCUT2D eigenvalue weighted by molar-refractivity contribution is 5.94. The molecule has 0 atom stereocenters. The Morgan fingerprint density at radius 1 is 1.24 bits per heavy atom. The van der Waals surface area contributed by atoms with E-state index in [-0.39, 0.29) is 5.91 Å². The van der Waals surface area contributed by atoms with Crippen LogP contribution in [0, 0.1) is 11.8 Å². The van der Waals surface area contributed by atoms with Crippen LogP contribution in [0.3, 0.4) is 0 Å². The van der Waals surface area contributed by atoms with Crippen LogP contribution in [0.25, 0.3) is 0 Å². The van der Waals surface area contributed by atoms with Crippen molar-refractivity contribution in [2.24, 2.45) is 5.73 Å². The lowest BCUT2D eigenvalue weighted by Crippen LogP contribution is -2.35. The maximum atomic E-state index is 12.0. The Morgan fingerprint density at radius 3 is 2.52 bits per heavy atom. The van der Waals surface area contributed by atoms with Gasteiger partial charge in [0.25, 0.3) is 5.91 Å². The van der Waals surface area contributed by atoms with Crippen molar-refractivity contribution in [3.05, 3.63) is 35.4 Å². The first-order valence-corrected chi connectivity index (χ1v) is 7.50. The predicted molar refractivity (Wildman–Crippen MR) is 87.1 cm³/mol. The van der Waals surface area contributed by atoms with Crippen LogP contribution in [-0.2, 0) is 0 Å². The minimum Gasteiger partial charge on any atom is -0.351 e. The maximum absolute atomic E-state index is 12.0. The lowest BCUT2D eigenvalue weighted by molar-refractivity contribution is 0.0948. The summed E-state index contributed by atoms with van der Waals surface area (Å²) >= 11 is 0. The van der Waals surface area contributed by atoms with Crippen molar-refractivity contribution >= 4 is 5.91 Å². The number of carbonyl (C=O) groups is 1. The molecule has 0 spiro atoms. The first kappa shape index (κ1) is 17.2. The Hall–Kier alpha value is -1.83. The second-order valence-corrected chi connectivity index (χ2v) is 4.77. The molecule has 21 heavy (non-hydrogen) atoms. The Balaban J connectivity index is 2.45. The molecule has 0 aliphatic heterocycles. The van der Waals surface area contributed by atoms with E-state index in [1.807, 2.05) is 12.1 Å². The molecular formula is C17H25N3O. The highest BCUT2D eigenvalue weighted by atomic mass is 16.1. The van der Waals surface area contributed by atoms with Crippen molar-refractivity contribution in [1.29, 1.82) is 0 Å². The van der Waals surface area contributed by atoms with Gasteiger partial charge in [-0.15, -0.1) is 0 Å². The molecule has 1 rings (SSSR count). The van der Waals surface area contributed by atoms with Crippen LogP contribution < -0.4 is 11.1 Å². The summed E-state index contributed by atoms with van der Waals surface area (Å²) in [7, 11) is 0. The molecule has 1 amide bonds. The van der Waals surface area contributed by atoms with Gasteiger partial charge in [0.05, 0.1) is 6.54 Å². The lowest BCUT2D eigenvalue weighted by atomic mass is 10.1. The fraction of sp³-hybridized carbons (Fsp3) is 0.471. The second kappa shape index (κ2) is 9.98. The zero-order chi connectivity index (χ0) is 15.5. The molecule has 0 saturated heterocycles. The molecule has 0 radical (unpaired) electrons. The number of likely N-dealkylation sites (N-methyl/N-ethyl adjacent to an activating group) is 1. The zero-order valence-electron chi connectivity index (χ0n) is 13.0. The lowest BCUT2D eigenvalue weighted by Gasteiger charge is -2.19. The van der Waals surface area contributed by atoms with Gasteiger partial charge in [0, 0.05) is 24.2 Å². The summed E-state index contributed by atoms with van der Waals surface area (Å²) in [6.07, 6.45) is 1.13. The predicted octanol–water partition coefficient (Wildman–Crippen LogP) is 1.46. The fourth-order valence-electron chi connectivity index (χ4n) is 2.03. The minimum absolute atomic E-state index is 0.0408. The van der Waals surface area contributed by atoms with Gasteiger partial charge in [-0.3, -0.25) is 4.79 Å². The van der Waals surface area contributed by atoms with Gasteiger partial charge in [-0.25, -0.2) is 0 Å². The van der Waals surface area contributed by atoms with Gasteiger partial charge >= 0.3 is 0 Å². The van der Waals surface area contributed by atoms with Crippen LogP contribution in [0.15, 0.2) is 24.3 Å². The van der Waals surface area contributed by atoms with Crippen LogP contribution in [-0.4, -0.2) is 43.5 Å². The molecule has 0 fully saturated rings. The van der Waals surface area contributed by atoms with E-state index in [0.717, 1.165) is 31.6 Å². The average Bonchev–Trinajstić information content (AvgIpc) is 2.52. The molecule has 3 N–H and O–H groups in total. The van der Waals surface area contributed by atoms with E-state index in [4.69, 9.17) is 5.73 Å². The number of rotatable bonds is 7. The number of nitrogens with two attached hydrogens (primary N) is 1. The van der Waals surface area contributed by atoms with Gasteiger partial charge in [0.2, 0.25) is 0 Å². The Labute approximate surface area is 127 Å².